The Hall–Kier alpha value is -2.29. The minimum atomic E-state index is 0.0649. The van der Waals surface area contributed by atoms with Gasteiger partial charge in [-0.05, 0) is 30.2 Å². The smallest absolute Gasteiger partial charge is 0.258 e. The Bertz CT molecular complexity index is 622. The number of nitrogens with zero attached hydrogens (tertiary/aromatic N) is 1. The van der Waals surface area contributed by atoms with Crippen LogP contribution in [0.4, 0.5) is 5.69 Å². The Kier molecular flexibility index (Phi) is 2.95. The molecule has 1 heterocycles. The zero-order chi connectivity index (χ0) is 13.2. The van der Waals surface area contributed by atoms with Gasteiger partial charge in [0.15, 0.2) is 0 Å². The first-order valence-corrected chi connectivity index (χ1v) is 6.33. The number of ether oxygens (including phenoxy) is 1. The third kappa shape index (κ3) is 2.08. The molecule has 2 aromatic rings. The summed E-state index contributed by atoms with van der Waals surface area (Å²) in [6.07, 6.45) is 0.888. The van der Waals surface area contributed by atoms with Crippen LogP contribution in [0.15, 0.2) is 48.5 Å². The first kappa shape index (κ1) is 11.8. The third-order valence-corrected chi connectivity index (χ3v) is 3.46. The highest BCUT2D eigenvalue weighted by molar-refractivity contribution is 6.08. The molecule has 0 atom stereocenters. The third-order valence-electron chi connectivity index (χ3n) is 3.46. The van der Waals surface area contributed by atoms with E-state index in [1.54, 1.807) is 7.11 Å². The fourth-order valence-electron chi connectivity index (χ4n) is 2.45. The van der Waals surface area contributed by atoms with E-state index in [1.165, 1.54) is 0 Å². The largest absolute Gasteiger partial charge is 0.497 e. The van der Waals surface area contributed by atoms with Crippen molar-refractivity contribution in [2.45, 2.75) is 6.42 Å². The summed E-state index contributed by atoms with van der Waals surface area (Å²) in [6, 6.07) is 15.4. The second-order valence-corrected chi connectivity index (χ2v) is 4.57. The van der Waals surface area contributed by atoms with Crippen molar-refractivity contribution in [3.63, 3.8) is 0 Å². The number of rotatable bonds is 2. The van der Waals surface area contributed by atoms with Crippen LogP contribution in [0.3, 0.4) is 0 Å². The molecule has 2 aromatic carbocycles. The number of amides is 1. The van der Waals surface area contributed by atoms with E-state index >= 15 is 0 Å². The van der Waals surface area contributed by atoms with Gasteiger partial charge in [0.05, 0.1) is 7.11 Å². The maximum atomic E-state index is 12.5. The van der Waals surface area contributed by atoms with Gasteiger partial charge in [-0.25, -0.2) is 0 Å². The van der Waals surface area contributed by atoms with E-state index in [-0.39, 0.29) is 5.91 Å². The molecule has 1 aliphatic rings. The standard InChI is InChI=1S/C16H15NO2/c1-19-14-7-4-6-13(11-14)17-10-9-12-5-2-3-8-15(12)16(17)18/h2-8,11H,9-10H2,1H3. The predicted octanol–water partition coefficient (Wildman–Crippen LogP) is 2.90. The highest BCUT2D eigenvalue weighted by Gasteiger charge is 2.24. The molecule has 19 heavy (non-hydrogen) atoms. The number of carbonyl (C=O) groups is 1. The van der Waals surface area contributed by atoms with Crippen molar-refractivity contribution in [1.29, 1.82) is 0 Å². The van der Waals surface area contributed by atoms with Crippen LogP contribution in [-0.4, -0.2) is 19.6 Å². The van der Waals surface area contributed by atoms with Crippen LogP contribution >= 0.6 is 0 Å². The predicted molar refractivity (Wildman–Crippen MR) is 74.8 cm³/mol. The zero-order valence-electron chi connectivity index (χ0n) is 10.8. The van der Waals surface area contributed by atoms with Crippen LogP contribution in [-0.2, 0) is 6.42 Å². The normalized spacial score (nSPS) is 14.2. The molecule has 0 bridgehead atoms. The molecule has 3 rings (SSSR count). The van der Waals surface area contributed by atoms with Gasteiger partial charge in [-0.1, -0.05) is 24.3 Å². The molecule has 0 aromatic heterocycles. The summed E-state index contributed by atoms with van der Waals surface area (Å²) < 4.78 is 5.21. The van der Waals surface area contributed by atoms with Crippen LogP contribution in [0, 0.1) is 0 Å². The summed E-state index contributed by atoms with van der Waals surface area (Å²) in [5.41, 5.74) is 2.82. The van der Waals surface area contributed by atoms with Crippen molar-refractivity contribution in [2.24, 2.45) is 0 Å². The summed E-state index contributed by atoms with van der Waals surface area (Å²) in [5, 5.41) is 0. The lowest BCUT2D eigenvalue weighted by atomic mass is 9.98. The van der Waals surface area contributed by atoms with E-state index in [9.17, 15) is 4.79 Å². The van der Waals surface area contributed by atoms with Crippen molar-refractivity contribution in [3.8, 4) is 5.75 Å². The summed E-state index contributed by atoms with van der Waals surface area (Å²) in [7, 11) is 1.63. The van der Waals surface area contributed by atoms with E-state index in [0.29, 0.717) is 6.54 Å². The van der Waals surface area contributed by atoms with Crippen molar-refractivity contribution >= 4 is 11.6 Å². The van der Waals surface area contributed by atoms with E-state index in [4.69, 9.17) is 4.74 Å². The van der Waals surface area contributed by atoms with E-state index in [2.05, 4.69) is 0 Å². The topological polar surface area (TPSA) is 29.5 Å². The lowest BCUT2D eigenvalue weighted by Crippen LogP contribution is -2.37. The molecule has 96 valence electrons. The molecule has 0 radical (unpaired) electrons. The zero-order valence-corrected chi connectivity index (χ0v) is 10.8. The highest BCUT2D eigenvalue weighted by atomic mass is 16.5. The number of benzene rings is 2. The Morgan fingerprint density at radius 1 is 1.11 bits per heavy atom. The lowest BCUT2D eigenvalue weighted by molar-refractivity contribution is 0.0980. The lowest BCUT2D eigenvalue weighted by Gasteiger charge is -2.28. The first-order valence-electron chi connectivity index (χ1n) is 6.33. The fourth-order valence-corrected chi connectivity index (χ4v) is 2.45. The van der Waals surface area contributed by atoms with E-state index < -0.39 is 0 Å². The number of anilines is 1. The van der Waals surface area contributed by atoms with Gasteiger partial charge in [-0.3, -0.25) is 4.79 Å². The second-order valence-electron chi connectivity index (χ2n) is 4.57. The molecule has 0 saturated heterocycles. The summed E-state index contributed by atoms with van der Waals surface area (Å²) in [4.78, 5) is 14.3. The average molecular weight is 253 g/mol. The number of hydrogen-bond acceptors (Lipinski definition) is 2. The Balaban J connectivity index is 1.97. The van der Waals surface area contributed by atoms with Crippen LogP contribution in [0.25, 0.3) is 0 Å². The monoisotopic (exact) mass is 253 g/mol. The summed E-state index contributed by atoms with van der Waals surface area (Å²) >= 11 is 0. The van der Waals surface area contributed by atoms with Gasteiger partial charge >= 0.3 is 0 Å². The number of carbonyl (C=O) groups excluding carboxylic acids is 1. The quantitative estimate of drug-likeness (QED) is 0.823. The number of methoxy groups -OCH3 is 1. The van der Waals surface area contributed by atoms with Gasteiger partial charge in [0.25, 0.3) is 5.91 Å². The number of hydrogen-bond donors (Lipinski definition) is 0. The molecular formula is C16H15NO2. The summed E-state index contributed by atoms with van der Waals surface area (Å²) in [5.74, 6) is 0.833. The molecule has 3 heteroatoms. The van der Waals surface area contributed by atoms with Crippen molar-refractivity contribution in [2.75, 3.05) is 18.6 Å². The Morgan fingerprint density at radius 2 is 1.95 bits per heavy atom. The SMILES string of the molecule is COc1cccc(N2CCc3ccccc3C2=O)c1. The van der Waals surface area contributed by atoms with Crippen LogP contribution in [0.1, 0.15) is 15.9 Å². The Morgan fingerprint density at radius 3 is 2.79 bits per heavy atom. The van der Waals surface area contributed by atoms with Crippen molar-refractivity contribution < 1.29 is 9.53 Å². The summed E-state index contributed by atoms with van der Waals surface area (Å²) in [6.45, 7) is 0.711. The second kappa shape index (κ2) is 4.76. The molecule has 0 spiro atoms. The maximum Gasteiger partial charge on any atom is 0.258 e. The van der Waals surface area contributed by atoms with Gasteiger partial charge in [-0.15, -0.1) is 0 Å². The molecule has 1 aliphatic heterocycles. The maximum absolute atomic E-state index is 12.5. The minimum absolute atomic E-state index is 0.0649. The average Bonchev–Trinajstić information content (AvgIpc) is 2.48. The van der Waals surface area contributed by atoms with Crippen LogP contribution in [0.5, 0.6) is 5.75 Å². The van der Waals surface area contributed by atoms with Gasteiger partial charge in [0, 0.05) is 23.9 Å². The number of fused-ring (bicyclic) bond motifs is 1. The van der Waals surface area contributed by atoms with E-state index in [0.717, 1.165) is 29.0 Å². The first-order chi connectivity index (χ1) is 9.29. The molecule has 0 N–H and O–H groups in total. The van der Waals surface area contributed by atoms with Gasteiger partial charge in [0.2, 0.25) is 0 Å². The van der Waals surface area contributed by atoms with Gasteiger partial charge in [0.1, 0.15) is 5.75 Å². The fraction of sp³-hybridized carbons (Fsp3) is 0.188. The highest BCUT2D eigenvalue weighted by Crippen LogP contribution is 2.26. The van der Waals surface area contributed by atoms with Crippen molar-refractivity contribution in [1.82, 2.24) is 0 Å². The molecule has 0 fully saturated rings. The van der Waals surface area contributed by atoms with Gasteiger partial charge < -0.3 is 9.64 Å². The molecular weight excluding hydrogens is 238 g/mol. The molecule has 1 amide bonds. The van der Waals surface area contributed by atoms with Crippen LogP contribution < -0.4 is 9.64 Å². The van der Waals surface area contributed by atoms with Crippen molar-refractivity contribution in [3.05, 3.63) is 59.7 Å². The minimum Gasteiger partial charge on any atom is -0.497 e. The Labute approximate surface area is 112 Å². The molecule has 3 nitrogen and oxygen atoms in total. The van der Waals surface area contributed by atoms with E-state index in [1.807, 2.05) is 53.4 Å². The van der Waals surface area contributed by atoms with Crippen LogP contribution in [0.2, 0.25) is 0 Å². The molecule has 0 unspecified atom stereocenters. The molecule has 0 aliphatic carbocycles. The van der Waals surface area contributed by atoms with Gasteiger partial charge in [-0.2, -0.15) is 0 Å². The molecule has 0 saturated carbocycles.